The van der Waals surface area contributed by atoms with E-state index in [2.05, 4.69) is 10.2 Å². The molecule has 0 bridgehead atoms. The van der Waals surface area contributed by atoms with E-state index in [1.54, 1.807) is 62.6 Å². The third kappa shape index (κ3) is 5.08. The highest BCUT2D eigenvalue weighted by Crippen LogP contribution is 2.42. The molecule has 0 saturated heterocycles. The van der Waals surface area contributed by atoms with Gasteiger partial charge in [0, 0.05) is 22.7 Å². The van der Waals surface area contributed by atoms with Crippen LogP contribution in [0.15, 0.2) is 36.4 Å². The van der Waals surface area contributed by atoms with Gasteiger partial charge in [-0.3, -0.25) is 9.69 Å². The maximum atomic E-state index is 13.2. The molecule has 0 spiro atoms. The first-order chi connectivity index (χ1) is 14.9. The molecular formula is C22H24ClN3O4S. The quantitative estimate of drug-likeness (QED) is 0.459. The zero-order valence-electron chi connectivity index (χ0n) is 18.0. The van der Waals surface area contributed by atoms with Gasteiger partial charge in [-0.25, -0.2) is 0 Å². The Morgan fingerprint density at radius 1 is 1.06 bits per heavy atom. The average Bonchev–Trinajstić information content (AvgIpc) is 3.25. The lowest BCUT2D eigenvalue weighted by Crippen LogP contribution is -2.34. The minimum Gasteiger partial charge on any atom is -0.493 e. The molecule has 3 rings (SSSR count). The first kappa shape index (κ1) is 22.8. The number of carbonyl (C=O) groups excluding carboxylic acids is 1. The van der Waals surface area contributed by atoms with E-state index in [9.17, 15) is 4.79 Å². The summed E-state index contributed by atoms with van der Waals surface area (Å²) in [6, 6.07) is 10.5. The number of rotatable bonds is 8. The van der Waals surface area contributed by atoms with Gasteiger partial charge in [0.2, 0.25) is 10.9 Å². The highest BCUT2D eigenvalue weighted by molar-refractivity contribution is 7.18. The fourth-order valence-corrected chi connectivity index (χ4v) is 4.07. The lowest BCUT2D eigenvalue weighted by atomic mass is 10.1. The van der Waals surface area contributed by atoms with E-state index < -0.39 is 0 Å². The summed E-state index contributed by atoms with van der Waals surface area (Å²) in [6.07, 6.45) is 0. The Balaban J connectivity index is 2.00. The number of halogens is 1. The fraction of sp³-hybridized carbons (Fsp3) is 0.318. The minimum atomic E-state index is -0.177. The predicted octanol–water partition coefficient (Wildman–Crippen LogP) is 5.19. The molecule has 0 saturated carbocycles. The van der Waals surface area contributed by atoms with Crippen LogP contribution in [-0.4, -0.2) is 44.0 Å². The molecule has 3 aromatic rings. The molecule has 0 N–H and O–H groups in total. The van der Waals surface area contributed by atoms with Crippen LogP contribution < -0.4 is 19.1 Å². The first-order valence-electron chi connectivity index (χ1n) is 9.59. The molecule has 7 nitrogen and oxygen atoms in total. The van der Waals surface area contributed by atoms with Crippen LogP contribution in [-0.2, 0) is 0 Å². The Kier molecular flexibility index (Phi) is 7.35. The molecule has 1 aromatic heterocycles. The number of ether oxygens (including phenoxy) is 3. The summed E-state index contributed by atoms with van der Waals surface area (Å²) in [6.45, 7) is 4.58. The average molecular weight is 462 g/mol. The molecule has 0 radical (unpaired) electrons. The van der Waals surface area contributed by atoms with Crippen molar-refractivity contribution in [2.45, 2.75) is 13.8 Å². The maximum absolute atomic E-state index is 13.2. The molecule has 0 atom stereocenters. The number of hydrogen-bond acceptors (Lipinski definition) is 7. The van der Waals surface area contributed by atoms with Gasteiger partial charge in [-0.1, -0.05) is 42.9 Å². The summed E-state index contributed by atoms with van der Waals surface area (Å²) >= 11 is 7.39. The van der Waals surface area contributed by atoms with Gasteiger partial charge in [0.1, 0.15) is 5.01 Å². The molecule has 0 aliphatic carbocycles. The fourth-order valence-electron chi connectivity index (χ4n) is 3.04. The van der Waals surface area contributed by atoms with Gasteiger partial charge >= 0.3 is 0 Å². The molecule has 164 valence electrons. The summed E-state index contributed by atoms with van der Waals surface area (Å²) in [4.78, 5) is 14.8. The Labute approximate surface area is 190 Å². The number of benzene rings is 2. The SMILES string of the molecule is COc1cc(-c2nnc(N(CC(C)C)C(=O)c3cccc(Cl)c3)s2)cc(OC)c1OC. The molecule has 31 heavy (non-hydrogen) atoms. The van der Waals surface area contributed by atoms with Gasteiger partial charge < -0.3 is 14.2 Å². The molecule has 0 fully saturated rings. The van der Waals surface area contributed by atoms with Crippen molar-refractivity contribution in [1.82, 2.24) is 10.2 Å². The second kappa shape index (κ2) is 9.98. The molecule has 2 aromatic carbocycles. The monoisotopic (exact) mass is 461 g/mol. The van der Waals surface area contributed by atoms with Crippen molar-refractivity contribution in [3.8, 4) is 27.8 Å². The minimum absolute atomic E-state index is 0.177. The van der Waals surface area contributed by atoms with Gasteiger partial charge in [0.25, 0.3) is 5.91 Å². The molecule has 0 aliphatic rings. The van der Waals surface area contributed by atoms with E-state index >= 15 is 0 Å². The van der Waals surface area contributed by atoms with Gasteiger partial charge in [-0.2, -0.15) is 0 Å². The van der Waals surface area contributed by atoms with Crippen LogP contribution in [0.25, 0.3) is 10.6 Å². The molecule has 1 heterocycles. The zero-order valence-corrected chi connectivity index (χ0v) is 19.6. The standard InChI is InChI=1S/C22H24ClN3O4S/c1-13(2)12-26(21(27)14-7-6-8-16(23)9-14)22-25-24-20(31-22)15-10-17(28-3)19(30-5)18(11-15)29-4/h6-11,13H,12H2,1-5H3. The van der Waals surface area contributed by atoms with Crippen LogP contribution in [0.5, 0.6) is 17.2 Å². The van der Waals surface area contributed by atoms with E-state index in [-0.39, 0.29) is 11.8 Å². The van der Waals surface area contributed by atoms with E-state index in [4.69, 9.17) is 25.8 Å². The topological polar surface area (TPSA) is 73.8 Å². The van der Waals surface area contributed by atoms with Crippen molar-refractivity contribution in [3.63, 3.8) is 0 Å². The van der Waals surface area contributed by atoms with E-state index in [1.807, 2.05) is 13.8 Å². The second-order valence-corrected chi connectivity index (χ2v) is 8.52. The van der Waals surface area contributed by atoms with Gasteiger partial charge in [0.15, 0.2) is 11.5 Å². The largest absolute Gasteiger partial charge is 0.493 e. The number of aromatic nitrogens is 2. The van der Waals surface area contributed by atoms with Crippen LogP contribution in [0.4, 0.5) is 5.13 Å². The smallest absolute Gasteiger partial charge is 0.260 e. The molecular weight excluding hydrogens is 438 g/mol. The Morgan fingerprint density at radius 2 is 1.74 bits per heavy atom. The van der Waals surface area contributed by atoms with Crippen molar-refractivity contribution in [2.24, 2.45) is 5.92 Å². The van der Waals surface area contributed by atoms with Crippen molar-refractivity contribution in [2.75, 3.05) is 32.8 Å². The third-order valence-electron chi connectivity index (χ3n) is 4.42. The zero-order chi connectivity index (χ0) is 22.5. The normalized spacial score (nSPS) is 10.8. The molecule has 1 amide bonds. The number of hydrogen-bond donors (Lipinski definition) is 0. The van der Waals surface area contributed by atoms with E-state index in [1.165, 1.54) is 11.3 Å². The third-order valence-corrected chi connectivity index (χ3v) is 5.65. The highest BCUT2D eigenvalue weighted by atomic mass is 35.5. The van der Waals surface area contributed by atoms with Crippen molar-refractivity contribution in [3.05, 3.63) is 47.0 Å². The number of carbonyl (C=O) groups is 1. The number of nitrogens with zero attached hydrogens (tertiary/aromatic N) is 3. The number of amides is 1. The summed E-state index contributed by atoms with van der Waals surface area (Å²) in [5.41, 5.74) is 1.25. The lowest BCUT2D eigenvalue weighted by Gasteiger charge is -2.21. The maximum Gasteiger partial charge on any atom is 0.260 e. The summed E-state index contributed by atoms with van der Waals surface area (Å²) in [5, 5.41) is 10.2. The second-order valence-electron chi connectivity index (χ2n) is 7.12. The van der Waals surface area contributed by atoms with Crippen LogP contribution in [0, 0.1) is 5.92 Å². The van der Waals surface area contributed by atoms with Gasteiger partial charge in [0.05, 0.1) is 21.3 Å². The molecule has 9 heteroatoms. The predicted molar refractivity (Wildman–Crippen MR) is 123 cm³/mol. The Bertz CT molecular complexity index is 1050. The summed E-state index contributed by atoms with van der Waals surface area (Å²) in [5.74, 6) is 1.58. The van der Waals surface area contributed by atoms with E-state index in [0.29, 0.717) is 44.5 Å². The van der Waals surface area contributed by atoms with Crippen LogP contribution in [0.2, 0.25) is 5.02 Å². The number of methoxy groups -OCH3 is 3. The van der Waals surface area contributed by atoms with Crippen molar-refractivity contribution >= 4 is 34.0 Å². The van der Waals surface area contributed by atoms with Crippen LogP contribution in [0.1, 0.15) is 24.2 Å². The first-order valence-corrected chi connectivity index (χ1v) is 10.8. The van der Waals surface area contributed by atoms with Gasteiger partial charge in [-0.05, 0) is 36.2 Å². The van der Waals surface area contributed by atoms with Crippen LogP contribution in [0.3, 0.4) is 0 Å². The Hall–Kier alpha value is -2.84. The summed E-state index contributed by atoms with van der Waals surface area (Å²) in [7, 11) is 4.66. The highest BCUT2D eigenvalue weighted by Gasteiger charge is 2.24. The molecule has 0 unspecified atom stereocenters. The van der Waals surface area contributed by atoms with Crippen LogP contribution >= 0.6 is 22.9 Å². The van der Waals surface area contributed by atoms with Crippen molar-refractivity contribution < 1.29 is 19.0 Å². The molecule has 0 aliphatic heterocycles. The van der Waals surface area contributed by atoms with Crippen molar-refractivity contribution in [1.29, 1.82) is 0 Å². The lowest BCUT2D eigenvalue weighted by molar-refractivity contribution is 0.0983. The number of anilines is 1. The van der Waals surface area contributed by atoms with E-state index in [0.717, 1.165) is 5.56 Å². The van der Waals surface area contributed by atoms with Gasteiger partial charge in [-0.15, -0.1) is 10.2 Å². The Morgan fingerprint density at radius 3 is 2.29 bits per heavy atom. The summed E-state index contributed by atoms with van der Waals surface area (Å²) < 4.78 is 16.2.